The maximum absolute atomic E-state index is 5.32. The smallest absolute Gasteiger partial charge is 0.234 e. The summed E-state index contributed by atoms with van der Waals surface area (Å²) in [5.41, 5.74) is 0. The molecule has 0 aliphatic carbocycles. The Kier molecular flexibility index (Phi) is 7.45. The molecule has 0 saturated carbocycles. The van der Waals surface area contributed by atoms with Crippen LogP contribution in [-0.4, -0.2) is 55.0 Å². The maximum Gasteiger partial charge on any atom is 0.234 e. The van der Waals surface area contributed by atoms with Gasteiger partial charge in [-0.3, -0.25) is 0 Å². The van der Waals surface area contributed by atoms with Gasteiger partial charge in [0.1, 0.15) is 5.82 Å². The second kappa shape index (κ2) is 9.58. The minimum atomic E-state index is 0.450. The van der Waals surface area contributed by atoms with Crippen LogP contribution in [0.1, 0.15) is 32.6 Å². The van der Waals surface area contributed by atoms with Crippen molar-refractivity contribution in [2.75, 3.05) is 44.1 Å². The molecule has 7 nitrogen and oxygen atoms in total. The number of nitrogens with one attached hydrogen (secondary N) is 2. The fraction of sp³-hybridized carbons (Fsp3) is 0.688. The normalized spacial score (nSPS) is 17.5. The molecule has 1 fully saturated rings. The highest BCUT2D eigenvalue weighted by molar-refractivity contribution is 7.80. The van der Waals surface area contributed by atoms with E-state index < -0.39 is 0 Å². The van der Waals surface area contributed by atoms with E-state index in [9.17, 15) is 0 Å². The van der Waals surface area contributed by atoms with Crippen molar-refractivity contribution in [1.82, 2.24) is 15.3 Å². The molecule has 0 amide bonds. The number of piperidine rings is 1. The molecule has 1 saturated heterocycles. The molecule has 0 aromatic carbocycles. The Bertz CT molecular complexity index is 543. The third kappa shape index (κ3) is 5.45. The van der Waals surface area contributed by atoms with Gasteiger partial charge in [-0.15, -0.1) is 0 Å². The zero-order valence-corrected chi connectivity index (χ0v) is 15.5. The van der Waals surface area contributed by atoms with E-state index in [0.717, 1.165) is 25.3 Å². The quantitative estimate of drug-likeness (QED) is 0.571. The lowest BCUT2D eigenvalue weighted by Gasteiger charge is -2.34. The standard InChI is InChI=1S/C16H27N5O2S/c1-12-7-4-5-9-21(12)13-11-14(23-3)19-15(18-13)20-16(24)17-8-6-10-22-2/h11-12H,4-10H2,1-3H3,(H2,17,18,19,20,24)/t12-/m0/s1. The fourth-order valence-electron chi connectivity index (χ4n) is 2.72. The summed E-state index contributed by atoms with van der Waals surface area (Å²) in [6, 6.07) is 2.34. The molecular formula is C16H27N5O2S. The summed E-state index contributed by atoms with van der Waals surface area (Å²) in [7, 11) is 3.29. The summed E-state index contributed by atoms with van der Waals surface area (Å²) in [6.45, 7) is 4.66. The third-order valence-corrected chi connectivity index (χ3v) is 4.28. The minimum absolute atomic E-state index is 0.450. The van der Waals surface area contributed by atoms with Crippen molar-refractivity contribution in [3.8, 4) is 5.88 Å². The average molecular weight is 353 g/mol. The van der Waals surface area contributed by atoms with Gasteiger partial charge in [0, 0.05) is 38.9 Å². The van der Waals surface area contributed by atoms with Gasteiger partial charge in [-0.1, -0.05) is 0 Å². The van der Waals surface area contributed by atoms with Gasteiger partial charge in [-0.25, -0.2) is 0 Å². The molecule has 0 unspecified atom stereocenters. The number of ether oxygens (including phenoxy) is 2. The molecule has 0 spiro atoms. The second-order valence-corrected chi connectivity index (χ2v) is 6.27. The molecule has 0 bridgehead atoms. The second-order valence-electron chi connectivity index (χ2n) is 5.86. The van der Waals surface area contributed by atoms with Crippen LogP contribution in [0.25, 0.3) is 0 Å². The van der Waals surface area contributed by atoms with Crippen molar-refractivity contribution in [2.45, 2.75) is 38.6 Å². The third-order valence-electron chi connectivity index (χ3n) is 4.03. The average Bonchev–Trinajstić information content (AvgIpc) is 2.59. The molecule has 0 radical (unpaired) electrons. The van der Waals surface area contributed by atoms with E-state index in [-0.39, 0.29) is 0 Å². The van der Waals surface area contributed by atoms with Crippen LogP contribution in [0, 0.1) is 0 Å². The summed E-state index contributed by atoms with van der Waals surface area (Å²) >= 11 is 5.29. The van der Waals surface area contributed by atoms with E-state index in [2.05, 4.69) is 32.4 Å². The van der Waals surface area contributed by atoms with E-state index in [1.807, 2.05) is 6.07 Å². The van der Waals surface area contributed by atoms with Gasteiger partial charge in [0.15, 0.2) is 5.11 Å². The first-order valence-electron chi connectivity index (χ1n) is 8.37. The summed E-state index contributed by atoms with van der Waals surface area (Å²) < 4.78 is 10.3. The van der Waals surface area contributed by atoms with Crippen molar-refractivity contribution in [1.29, 1.82) is 0 Å². The number of nitrogens with zero attached hydrogens (tertiary/aromatic N) is 3. The van der Waals surface area contributed by atoms with Gasteiger partial charge < -0.3 is 25.0 Å². The Balaban J connectivity index is 2.03. The molecule has 2 N–H and O–H groups in total. The van der Waals surface area contributed by atoms with Crippen molar-refractivity contribution in [3.05, 3.63) is 6.07 Å². The Morgan fingerprint density at radius 1 is 1.38 bits per heavy atom. The summed E-state index contributed by atoms with van der Waals surface area (Å²) in [5, 5.41) is 6.65. The molecule has 24 heavy (non-hydrogen) atoms. The molecule has 1 aromatic heterocycles. The number of methoxy groups -OCH3 is 2. The molecular weight excluding hydrogens is 326 g/mol. The van der Waals surface area contributed by atoms with Crippen LogP contribution in [0.2, 0.25) is 0 Å². The van der Waals surface area contributed by atoms with Gasteiger partial charge in [-0.05, 0) is 44.8 Å². The Morgan fingerprint density at radius 3 is 2.92 bits per heavy atom. The Labute approximate surface area is 149 Å². The van der Waals surface area contributed by atoms with Gasteiger partial charge in [-0.2, -0.15) is 9.97 Å². The SMILES string of the molecule is COCCCNC(=S)Nc1nc(OC)cc(N2CCCC[C@@H]2C)n1. The zero-order valence-electron chi connectivity index (χ0n) is 14.7. The van der Waals surface area contributed by atoms with Gasteiger partial charge in [0.2, 0.25) is 11.8 Å². The Morgan fingerprint density at radius 2 is 2.21 bits per heavy atom. The number of anilines is 2. The van der Waals surface area contributed by atoms with Crippen LogP contribution in [0.5, 0.6) is 5.88 Å². The Hall–Kier alpha value is -1.67. The van der Waals surface area contributed by atoms with E-state index in [0.29, 0.717) is 29.6 Å². The van der Waals surface area contributed by atoms with Gasteiger partial charge >= 0.3 is 0 Å². The van der Waals surface area contributed by atoms with Crippen LogP contribution in [0.3, 0.4) is 0 Å². The first-order chi connectivity index (χ1) is 11.6. The summed E-state index contributed by atoms with van der Waals surface area (Å²) in [6.07, 6.45) is 4.50. The number of aromatic nitrogens is 2. The van der Waals surface area contributed by atoms with Crippen LogP contribution in [0.4, 0.5) is 11.8 Å². The number of hydrogen-bond acceptors (Lipinski definition) is 6. The van der Waals surface area contributed by atoms with Crippen LogP contribution >= 0.6 is 12.2 Å². The van der Waals surface area contributed by atoms with E-state index >= 15 is 0 Å². The van der Waals surface area contributed by atoms with Crippen molar-refractivity contribution in [2.24, 2.45) is 0 Å². The largest absolute Gasteiger partial charge is 0.481 e. The highest BCUT2D eigenvalue weighted by Gasteiger charge is 2.21. The zero-order chi connectivity index (χ0) is 17.4. The molecule has 8 heteroatoms. The predicted molar refractivity (Wildman–Crippen MR) is 100.0 cm³/mol. The minimum Gasteiger partial charge on any atom is -0.481 e. The topological polar surface area (TPSA) is 71.5 Å². The van der Waals surface area contributed by atoms with E-state index in [1.54, 1.807) is 14.2 Å². The fourth-order valence-corrected chi connectivity index (χ4v) is 2.92. The van der Waals surface area contributed by atoms with E-state index in [1.165, 1.54) is 19.3 Å². The van der Waals surface area contributed by atoms with Gasteiger partial charge in [0.25, 0.3) is 0 Å². The van der Waals surface area contributed by atoms with Crippen LogP contribution in [0.15, 0.2) is 6.07 Å². The molecule has 1 atom stereocenters. The summed E-state index contributed by atoms with van der Waals surface area (Å²) in [4.78, 5) is 11.2. The van der Waals surface area contributed by atoms with Gasteiger partial charge in [0.05, 0.1) is 7.11 Å². The molecule has 1 aliphatic heterocycles. The molecule has 2 rings (SSSR count). The monoisotopic (exact) mass is 353 g/mol. The van der Waals surface area contributed by atoms with E-state index in [4.69, 9.17) is 21.7 Å². The lowest BCUT2D eigenvalue weighted by atomic mass is 10.0. The number of hydrogen-bond donors (Lipinski definition) is 2. The first-order valence-corrected chi connectivity index (χ1v) is 8.78. The van der Waals surface area contributed by atoms with Crippen molar-refractivity contribution >= 4 is 29.1 Å². The van der Waals surface area contributed by atoms with Crippen LogP contribution in [-0.2, 0) is 4.74 Å². The lowest BCUT2D eigenvalue weighted by molar-refractivity contribution is 0.196. The molecule has 1 aliphatic rings. The summed E-state index contributed by atoms with van der Waals surface area (Å²) in [5.74, 6) is 1.85. The lowest BCUT2D eigenvalue weighted by Crippen LogP contribution is -2.38. The van der Waals surface area contributed by atoms with Crippen LogP contribution < -0.4 is 20.3 Å². The molecule has 134 valence electrons. The maximum atomic E-state index is 5.32. The first kappa shape index (κ1) is 18.7. The van der Waals surface area contributed by atoms with Crippen molar-refractivity contribution in [3.63, 3.8) is 0 Å². The molecule has 2 heterocycles. The highest BCUT2D eigenvalue weighted by Crippen LogP contribution is 2.26. The highest BCUT2D eigenvalue weighted by atomic mass is 32.1. The molecule has 1 aromatic rings. The number of rotatable bonds is 7. The van der Waals surface area contributed by atoms with Crippen molar-refractivity contribution < 1.29 is 9.47 Å². The number of thiocarbonyl (C=S) groups is 1. The predicted octanol–water partition coefficient (Wildman–Crippen LogP) is 2.19.